The van der Waals surface area contributed by atoms with Crippen LogP contribution in [0, 0.1) is 6.92 Å². The first-order chi connectivity index (χ1) is 15.2. The number of aromatic nitrogens is 1. The molecule has 0 spiro atoms. The molecule has 1 amide bonds. The summed E-state index contributed by atoms with van der Waals surface area (Å²) in [5, 5.41) is 5.10. The zero-order valence-corrected chi connectivity index (χ0v) is 19.7. The summed E-state index contributed by atoms with van der Waals surface area (Å²) in [4.78, 5) is 17.4. The fourth-order valence-corrected chi connectivity index (χ4v) is 5.98. The second kappa shape index (κ2) is 9.11. The van der Waals surface area contributed by atoms with E-state index in [4.69, 9.17) is 4.74 Å². The van der Waals surface area contributed by atoms with Gasteiger partial charge in [-0.3, -0.25) is 10.1 Å². The predicted octanol–water partition coefficient (Wildman–Crippen LogP) is 4.17. The molecule has 7 nitrogen and oxygen atoms in total. The van der Waals surface area contributed by atoms with E-state index >= 15 is 0 Å². The van der Waals surface area contributed by atoms with Gasteiger partial charge in [0, 0.05) is 29.6 Å². The molecule has 2 aromatic carbocycles. The Morgan fingerprint density at radius 2 is 1.81 bits per heavy atom. The average molecular weight is 472 g/mol. The highest BCUT2D eigenvalue weighted by atomic mass is 32.2. The maximum Gasteiger partial charge on any atom is 0.257 e. The van der Waals surface area contributed by atoms with Crippen molar-refractivity contribution < 1.29 is 17.9 Å². The monoisotopic (exact) mass is 471 g/mol. The zero-order chi connectivity index (χ0) is 22.9. The number of carbonyl (C=O) groups is 1. The van der Waals surface area contributed by atoms with Gasteiger partial charge in [0.25, 0.3) is 5.91 Å². The van der Waals surface area contributed by atoms with E-state index in [9.17, 15) is 13.2 Å². The molecule has 0 aliphatic carbocycles. The molecule has 0 radical (unpaired) electrons. The fourth-order valence-electron chi connectivity index (χ4n) is 3.63. The lowest BCUT2D eigenvalue weighted by molar-refractivity contribution is -0.0440. The maximum absolute atomic E-state index is 13.1. The highest BCUT2D eigenvalue weighted by Crippen LogP contribution is 2.26. The molecule has 168 valence electrons. The van der Waals surface area contributed by atoms with Gasteiger partial charge in [-0.2, -0.15) is 4.31 Å². The minimum atomic E-state index is -3.73. The van der Waals surface area contributed by atoms with Crippen molar-refractivity contribution in [1.29, 1.82) is 0 Å². The van der Waals surface area contributed by atoms with Crippen LogP contribution < -0.4 is 5.32 Å². The standard InChI is InChI=1S/C23H25N3O4S2/c1-15-7-9-18(10-8-15)21-14-31-23(24-21)25-22(27)19-5-4-6-20(11-19)32(28,29)26-12-16(2)30-17(3)13-26/h4-11,14,16-17H,12-13H2,1-3H3,(H,24,25,27)/t16-,17+. The molecule has 0 unspecified atom stereocenters. The summed E-state index contributed by atoms with van der Waals surface area (Å²) in [6.45, 7) is 6.28. The molecule has 32 heavy (non-hydrogen) atoms. The molecule has 2 heterocycles. The van der Waals surface area contributed by atoms with Gasteiger partial charge in [0.05, 0.1) is 22.8 Å². The number of aryl methyl sites for hydroxylation is 1. The molecule has 1 aliphatic rings. The number of morpholine rings is 1. The van der Waals surface area contributed by atoms with E-state index in [1.807, 2.05) is 50.4 Å². The Balaban J connectivity index is 1.51. The smallest absolute Gasteiger partial charge is 0.257 e. The zero-order valence-electron chi connectivity index (χ0n) is 18.1. The molecule has 9 heteroatoms. The largest absolute Gasteiger partial charge is 0.373 e. The number of carbonyl (C=O) groups excluding carboxylic acids is 1. The molecule has 0 saturated carbocycles. The Bertz CT molecular complexity index is 1210. The number of amides is 1. The predicted molar refractivity (Wildman–Crippen MR) is 125 cm³/mol. The Morgan fingerprint density at radius 1 is 1.12 bits per heavy atom. The van der Waals surface area contributed by atoms with Crippen molar-refractivity contribution in [3.05, 3.63) is 65.0 Å². The van der Waals surface area contributed by atoms with Crippen molar-refractivity contribution in [2.45, 2.75) is 37.9 Å². The Morgan fingerprint density at radius 3 is 2.50 bits per heavy atom. The third-order valence-corrected chi connectivity index (χ3v) is 7.78. The van der Waals surface area contributed by atoms with E-state index in [-0.39, 0.29) is 35.8 Å². The number of benzene rings is 2. The SMILES string of the molecule is Cc1ccc(-c2csc(NC(=O)c3cccc(S(=O)(=O)N4C[C@@H](C)O[C@@H](C)C4)c3)n2)cc1. The Labute approximate surface area is 192 Å². The summed E-state index contributed by atoms with van der Waals surface area (Å²) in [5.41, 5.74) is 3.16. The van der Waals surface area contributed by atoms with E-state index in [2.05, 4.69) is 10.3 Å². The van der Waals surface area contributed by atoms with Gasteiger partial charge in [-0.1, -0.05) is 35.9 Å². The van der Waals surface area contributed by atoms with Crippen LogP contribution >= 0.6 is 11.3 Å². The third-order valence-electron chi connectivity index (χ3n) is 5.19. The van der Waals surface area contributed by atoms with Crippen molar-refractivity contribution in [3.63, 3.8) is 0 Å². The van der Waals surface area contributed by atoms with Gasteiger partial charge in [-0.25, -0.2) is 13.4 Å². The molecular formula is C23H25N3O4S2. The summed E-state index contributed by atoms with van der Waals surface area (Å²) in [7, 11) is -3.73. The van der Waals surface area contributed by atoms with Crippen LogP contribution in [0.25, 0.3) is 11.3 Å². The second-order valence-corrected chi connectivity index (χ2v) is 10.8. The maximum atomic E-state index is 13.1. The van der Waals surface area contributed by atoms with Crippen LogP contribution in [-0.2, 0) is 14.8 Å². The highest BCUT2D eigenvalue weighted by Gasteiger charge is 2.32. The first-order valence-corrected chi connectivity index (χ1v) is 12.6. The van der Waals surface area contributed by atoms with Crippen LogP contribution in [0.1, 0.15) is 29.8 Å². The molecule has 1 aromatic heterocycles. The molecule has 1 aliphatic heterocycles. The lowest BCUT2D eigenvalue weighted by atomic mass is 10.1. The van der Waals surface area contributed by atoms with Crippen molar-refractivity contribution in [1.82, 2.24) is 9.29 Å². The Kier molecular flexibility index (Phi) is 6.43. The van der Waals surface area contributed by atoms with E-state index in [0.717, 1.165) is 16.8 Å². The van der Waals surface area contributed by atoms with Crippen LogP contribution in [0.3, 0.4) is 0 Å². The molecule has 3 aromatic rings. The highest BCUT2D eigenvalue weighted by molar-refractivity contribution is 7.89. The quantitative estimate of drug-likeness (QED) is 0.603. The number of hydrogen-bond donors (Lipinski definition) is 1. The summed E-state index contributed by atoms with van der Waals surface area (Å²) in [6.07, 6.45) is -0.375. The van der Waals surface area contributed by atoms with Gasteiger partial charge in [-0.15, -0.1) is 11.3 Å². The van der Waals surface area contributed by atoms with Crippen molar-refractivity contribution in [2.24, 2.45) is 0 Å². The first-order valence-electron chi connectivity index (χ1n) is 10.3. The molecular weight excluding hydrogens is 446 g/mol. The van der Waals surface area contributed by atoms with E-state index in [0.29, 0.717) is 5.13 Å². The van der Waals surface area contributed by atoms with Crippen LogP contribution in [0.15, 0.2) is 58.8 Å². The average Bonchev–Trinajstić information content (AvgIpc) is 3.22. The van der Waals surface area contributed by atoms with Gasteiger partial charge >= 0.3 is 0 Å². The number of sulfonamides is 1. The van der Waals surface area contributed by atoms with Gasteiger partial charge in [-0.05, 0) is 39.0 Å². The van der Waals surface area contributed by atoms with E-state index in [1.54, 1.807) is 12.1 Å². The Hall–Kier alpha value is -2.59. The summed E-state index contributed by atoms with van der Waals surface area (Å²) in [6, 6.07) is 14.1. The van der Waals surface area contributed by atoms with Crippen molar-refractivity contribution >= 4 is 32.4 Å². The van der Waals surface area contributed by atoms with Crippen molar-refractivity contribution in [2.75, 3.05) is 18.4 Å². The first kappa shape index (κ1) is 22.6. The van der Waals surface area contributed by atoms with Gasteiger partial charge in [0.15, 0.2) is 5.13 Å². The van der Waals surface area contributed by atoms with E-state index < -0.39 is 15.9 Å². The normalized spacial score (nSPS) is 19.6. The number of nitrogens with one attached hydrogen (secondary N) is 1. The van der Waals surface area contributed by atoms with Crippen LogP contribution in [-0.4, -0.2) is 48.9 Å². The van der Waals surface area contributed by atoms with Crippen LogP contribution in [0.5, 0.6) is 0 Å². The fraction of sp³-hybridized carbons (Fsp3) is 0.304. The third kappa shape index (κ3) is 4.91. The molecule has 1 fully saturated rings. The molecule has 1 N–H and O–H groups in total. The van der Waals surface area contributed by atoms with Crippen LogP contribution in [0.4, 0.5) is 5.13 Å². The van der Waals surface area contributed by atoms with Crippen LogP contribution in [0.2, 0.25) is 0 Å². The number of hydrogen-bond acceptors (Lipinski definition) is 6. The number of thiazole rings is 1. The van der Waals surface area contributed by atoms with Gasteiger partial charge in [0.2, 0.25) is 10.0 Å². The van der Waals surface area contributed by atoms with Gasteiger partial charge < -0.3 is 4.74 Å². The summed E-state index contributed by atoms with van der Waals surface area (Å²) in [5.74, 6) is -0.407. The number of rotatable bonds is 5. The minimum Gasteiger partial charge on any atom is -0.373 e. The number of anilines is 1. The molecule has 2 atom stereocenters. The minimum absolute atomic E-state index is 0.0888. The lowest BCUT2D eigenvalue weighted by Crippen LogP contribution is -2.48. The van der Waals surface area contributed by atoms with Crippen molar-refractivity contribution in [3.8, 4) is 11.3 Å². The second-order valence-electron chi connectivity index (χ2n) is 7.97. The topological polar surface area (TPSA) is 88.6 Å². The number of nitrogens with zero attached hydrogens (tertiary/aromatic N) is 2. The summed E-state index contributed by atoms with van der Waals surface area (Å²) < 4.78 is 33.3. The lowest BCUT2D eigenvalue weighted by Gasteiger charge is -2.34. The summed E-state index contributed by atoms with van der Waals surface area (Å²) >= 11 is 1.32. The number of ether oxygens (including phenoxy) is 1. The van der Waals surface area contributed by atoms with Gasteiger partial charge in [0.1, 0.15) is 0 Å². The molecule has 0 bridgehead atoms. The van der Waals surface area contributed by atoms with E-state index in [1.165, 1.54) is 27.8 Å². The molecule has 4 rings (SSSR count). The molecule has 1 saturated heterocycles.